The molecular weight excluding hydrogens is 382 g/mol. The number of aryl methyl sites for hydroxylation is 4. The van der Waals surface area contributed by atoms with Gasteiger partial charge in [0.25, 0.3) is 0 Å². The van der Waals surface area contributed by atoms with Crippen LogP contribution in [0.15, 0.2) is 29.9 Å². The van der Waals surface area contributed by atoms with Gasteiger partial charge in [0.15, 0.2) is 0 Å². The second-order valence-electron chi connectivity index (χ2n) is 5.99. The highest BCUT2D eigenvalue weighted by Gasteiger charge is 2.10. The third-order valence-corrected chi connectivity index (χ3v) is 5.34. The van der Waals surface area contributed by atoms with E-state index >= 15 is 0 Å². The van der Waals surface area contributed by atoms with Gasteiger partial charge in [-0.2, -0.15) is 0 Å². The minimum atomic E-state index is 0.837. The fourth-order valence-corrected chi connectivity index (χ4v) is 3.93. The SMILES string of the molecule is Cc1cnc(-c2csc(Cc3cc(C)c(CCBr)cc3C)n2)cn1. The number of rotatable bonds is 5. The summed E-state index contributed by atoms with van der Waals surface area (Å²) >= 11 is 5.21. The lowest BCUT2D eigenvalue weighted by molar-refractivity contribution is 1.06. The third kappa shape index (κ3) is 3.90. The second kappa shape index (κ2) is 7.53. The van der Waals surface area contributed by atoms with Crippen molar-refractivity contribution >= 4 is 27.3 Å². The highest BCUT2D eigenvalue weighted by Crippen LogP contribution is 2.24. The van der Waals surface area contributed by atoms with Crippen LogP contribution < -0.4 is 0 Å². The van der Waals surface area contributed by atoms with E-state index in [1.165, 1.54) is 22.3 Å². The molecule has 0 amide bonds. The van der Waals surface area contributed by atoms with Crippen LogP contribution in [0.2, 0.25) is 0 Å². The number of hydrogen-bond acceptors (Lipinski definition) is 4. The molecule has 0 unspecified atom stereocenters. The van der Waals surface area contributed by atoms with Crippen LogP contribution in [0.3, 0.4) is 0 Å². The topological polar surface area (TPSA) is 38.7 Å². The number of aromatic nitrogens is 3. The Bertz CT molecular complexity index is 840. The van der Waals surface area contributed by atoms with Crippen LogP contribution in [0, 0.1) is 20.8 Å². The molecule has 5 heteroatoms. The van der Waals surface area contributed by atoms with E-state index in [9.17, 15) is 0 Å². The molecule has 0 N–H and O–H groups in total. The Kier molecular flexibility index (Phi) is 5.41. The van der Waals surface area contributed by atoms with Crippen LogP contribution in [0.25, 0.3) is 11.4 Å². The van der Waals surface area contributed by atoms with E-state index in [2.05, 4.69) is 57.3 Å². The zero-order chi connectivity index (χ0) is 17.1. The molecular formula is C19H20BrN3S. The molecule has 0 radical (unpaired) electrons. The molecule has 1 aromatic carbocycles. The van der Waals surface area contributed by atoms with Gasteiger partial charge in [0.05, 0.1) is 16.9 Å². The van der Waals surface area contributed by atoms with E-state index < -0.39 is 0 Å². The van der Waals surface area contributed by atoms with Gasteiger partial charge in [-0.05, 0) is 49.4 Å². The van der Waals surface area contributed by atoms with Gasteiger partial charge in [0.2, 0.25) is 0 Å². The molecule has 0 fully saturated rings. The van der Waals surface area contributed by atoms with Crippen molar-refractivity contribution in [3.63, 3.8) is 0 Å². The first kappa shape index (κ1) is 17.2. The standard InChI is InChI=1S/C19H20BrN3S/c1-12-7-16(13(2)6-15(12)4-5-20)8-19-23-18(11-24-19)17-10-21-14(3)9-22-17/h6-7,9-11H,4-5,8H2,1-3H3. The summed E-state index contributed by atoms with van der Waals surface area (Å²) in [7, 11) is 0. The van der Waals surface area contributed by atoms with Crippen molar-refractivity contribution < 1.29 is 0 Å². The average molecular weight is 402 g/mol. The zero-order valence-electron chi connectivity index (χ0n) is 14.1. The number of alkyl halides is 1. The summed E-state index contributed by atoms with van der Waals surface area (Å²) < 4.78 is 0. The van der Waals surface area contributed by atoms with Crippen LogP contribution >= 0.6 is 27.3 Å². The fourth-order valence-electron chi connectivity index (χ4n) is 2.69. The summed E-state index contributed by atoms with van der Waals surface area (Å²) in [5.41, 5.74) is 8.13. The van der Waals surface area contributed by atoms with Crippen molar-refractivity contribution in [2.75, 3.05) is 5.33 Å². The number of thiazole rings is 1. The van der Waals surface area contributed by atoms with Crippen LogP contribution in [0.4, 0.5) is 0 Å². The maximum atomic E-state index is 4.74. The maximum absolute atomic E-state index is 4.74. The Balaban J connectivity index is 1.82. The highest BCUT2D eigenvalue weighted by molar-refractivity contribution is 9.09. The fraction of sp³-hybridized carbons (Fsp3) is 0.316. The van der Waals surface area contributed by atoms with E-state index in [0.717, 1.165) is 40.3 Å². The largest absolute Gasteiger partial charge is 0.258 e. The van der Waals surface area contributed by atoms with E-state index in [0.29, 0.717) is 0 Å². The first-order valence-electron chi connectivity index (χ1n) is 7.95. The lowest BCUT2D eigenvalue weighted by Gasteiger charge is -2.10. The number of hydrogen-bond donors (Lipinski definition) is 0. The quantitative estimate of drug-likeness (QED) is 0.561. The van der Waals surface area contributed by atoms with Gasteiger partial charge in [-0.3, -0.25) is 9.97 Å². The van der Waals surface area contributed by atoms with Crippen molar-refractivity contribution in [2.24, 2.45) is 0 Å². The lowest BCUT2D eigenvalue weighted by Crippen LogP contribution is -1.98. The van der Waals surface area contributed by atoms with Crippen molar-refractivity contribution in [1.82, 2.24) is 15.0 Å². The monoisotopic (exact) mass is 401 g/mol. The van der Waals surface area contributed by atoms with Crippen molar-refractivity contribution in [2.45, 2.75) is 33.6 Å². The summed E-state index contributed by atoms with van der Waals surface area (Å²) in [5.74, 6) is 0. The van der Waals surface area contributed by atoms with Gasteiger partial charge in [0.1, 0.15) is 11.4 Å². The number of halogens is 1. The van der Waals surface area contributed by atoms with E-state index in [1.807, 2.05) is 6.92 Å². The molecule has 3 nitrogen and oxygen atoms in total. The van der Waals surface area contributed by atoms with Crippen LogP contribution in [-0.2, 0) is 12.8 Å². The van der Waals surface area contributed by atoms with Crippen molar-refractivity contribution in [3.05, 3.63) is 62.9 Å². The first-order chi connectivity index (χ1) is 11.6. The van der Waals surface area contributed by atoms with Crippen LogP contribution in [0.5, 0.6) is 0 Å². The molecule has 0 saturated carbocycles. The smallest absolute Gasteiger partial charge is 0.108 e. The van der Waals surface area contributed by atoms with E-state index in [1.54, 1.807) is 23.7 Å². The Morgan fingerprint density at radius 1 is 0.958 bits per heavy atom. The Morgan fingerprint density at radius 2 is 1.71 bits per heavy atom. The second-order valence-corrected chi connectivity index (χ2v) is 7.73. The Morgan fingerprint density at radius 3 is 2.42 bits per heavy atom. The van der Waals surface area contributed by atoms with E-state index in [-0.39, 0.29) is 0 Å². The highest BCUT2D eigenvalue weighted by atomic mass is 79.9. The summed E-state index contributed by atoms with van der Waals surface area (Å²) in [5, 5.41) is 4.18. The predicted octanol–water partition coefficient (Wildman–Crippen LogP) is 5.05. The molecule has 24 heavy (non-hydrogen) atoms. The molecule has 0 spiro atoms. The molecule has 0 aliphatic heterocycles. The molecule has 124 valence electrons. The molecule has 2 heterocycles. The molecule has 2 aromatic heterocycles. The lowest BCUT2D eigenvalue weighted by atomic mass is 9.97. The van der Waals surface area contributed by atoms with Crippen molar-refractivity contribution in [1.29, 1.82) is 0 Å². The van der Waals surface area contributed by atoms with Gasteiger partial charge >= 0.3 is 0 Å². The molecule has 0 atom stereocenters. The number of nitrogens with zero attached hydrogens (tertiary/aromatic N) is 3. The van der Waals surface area contributed by atoms with Gasteiger partial charge in [0, 0.05) is 23.3 Å². The molecule has 0 saturated heterocycles. The summed E-state index contributed by atoms with van der Waals surface area (Å²) in [6, 6.07) is 4.62. The van der Waals surface area contributed by atoms with Crippen molar-refractivity contribution in [3.8, 4) is 11.4 Å². The van der Waals surface area contributed by atoms with Crippen LogP contribution in [-0.4, -0.2) is 20.3 Å². The summed E-state index contributed by atoms with van der Waals surface area (Å²) in [6.45, 7) is 6.32. The normalized spacial score (nSPS) is 11.0. The Hall–Kier alpha value is -1.59. The molecule has 0 aliphatic rings. The zero-order valence-corrected chi connectivity index (χ0v) is 16.5. The minimum Gasteiger partial charge on any atom is -0.258 e. The number of benzene rings is 1. The van der Waals surface area contributed by atoms with Gasteiger partial charge in [-0.15, -0.1) is 11.3 Å². The van der Waals surface area contributed by atoms with E-state index in [4.69, 9.17) is 4.98 Å². The summed E-state index contributed by atoms with van der Waals surface area (Å²) in [6.07, 6.45) is 5.51. The maximum Gasteiger partial charge on any atom is 0.108 e. The molecule has 0 aliphatic carbocycles. The van der Waals surface area contributed by atoms with Gasteiger partial charge in [-0.1, -0.05) is 28.1 Å². The third-order valence-electron chi connectivity index (χ3n) is 4.10. The van der Waals surface area contributed by atoms with Crippen LogP contribution in [0.1, 0.15) is 33.0 Å². The Labute approximate surface area is 155 Å². The molecule has 0 bridgehead atoms. The predicted molar refractivity (Wildman–Crippen MR) is 104 cm³/mol. The molecule has 3 aromatic rings. The van der Waals surface area contributed by atoms with Gasteiger partial charge in [-0.25, -0.2) is 4.98 Å². The first-order valence-corrected chi connectivity index (χ1v) is 9.95. The summed E-state index contributed by atoms with van der Waals surface area (Å²) in [4.78, 5) is 13.5. The molecule has 3 rings (SSSR count). The minimum absolute atomic E-state index is 0.837. The van der Waals surface area contributed by atoms with Gasteiger partial charge < -0.3 is 0 Å². The average Bonchev–Trinajstić information content (AvgIpc) is 3.01.